The van der Waals surface area contributed by atoms with Gasteiger partial charge in [-0.05, 0) is 67.3 Å². The van der Waals surface area contributed by atoms with Gasteiger partial charge in [0.2, 0.25) is 0 Å². The van der Waals surface area contributed by atoms with Crippen molar-refractivity contribution in [3.05, 3.63) is 59.2 Å². The minimum absolute atomic E-state index is 0.318. The van der Waals surface area contributed by atoms with Gasteiger partial charge in [-0.15, -0.1) is 0 Å². The quantitative estimate of drug-likeness (QED) is 0.419. The summed E-state index contributed by atoms with van der Waals surface area (Å²) in [7, 11) is 0. The SMILES string of the molecule is Cc1cc(SC#N)cc(C)c1NC(=O)COC(=O)C1(c2ccccc2)CCCC1. The molecule has 0 atom stereocenters. The van der Waals surface area contributed by atoms with Crippen LogP contribution in [-0.2, 0) is 19.7 Å². The van der Waals surface area contributed by atoms with Crippen molar-refractivity contribution >= 4 is 29.3 Å². The number of nitrogens with zero attached hydrogens (tertiary/aromatic N) is 1. The third-order valence-corrected chi connectivity index (χ3v) is 6.01. The van der Waals surface area contributed by atoms with E-state index in [1.807, 2.05) is 61.7 Å². The molecule has 1 N–H and O–H groups in total. The van der Waals surface area contributed by atoms with Crippen molar-refractivity contribution in [3.8, 4) is 5.40 Å². The van der Waals surface area contributed by atoms with Gasteiger partial charge in [0.05, 0.1) is 5.41 Å². The maximum atomic E-state index is 12.9. The zero-order valence-corrected chi connectivity index (χ0v) is 17.5. The van der Waals surface area contributed by atoms with Gasteiger partial charge >= 0.3 is 5.97 Å². The Morgan fingerprint density at radius 3 is 2.34 bits per heavy atom. The average molecular weight is 409 g/mol. The molecule has 5 nitrogen and oxygen atoms in total. The first kappa shape index (κ1) is 20.9. The number of thiocyanates is 1. The Morgan fingerprint density at radius 1 is 1.14 bits per heavy atom. The van der Waals surface area contributed by atoms with Gasteiger partial charge in [0, 0.05) is 10.6 Å². The molecular formula is C23H24N2O3S. The van der Waals surface area contributed by atoms with Gasteiger partial charge in [0.1, 0.15) is 5.40 Å². The van der Waals surface area contributed by atoms with Gasteiger partial charge in [0.25, 0.3) is 5.91 Å². The van der Waals surface area contributed by atoms with E-state index in [1.54, 1.807) is 0 Å². The summed E-state index contributed by atoms with van der Waals surface area (Å²) < 4.78 is 5.46. The Kier molecular flexibility index (Phi) is 6.60. The lowest BCUT2D eigenvalue weighted by molar-refractivity contribution is -0.153. The largest absolute Gasteiger partial charge is 0.455 e. The van der Waals surface area contributed by atoms with Gasteiger partial charge in [-0.1, -0.05) is 43.2 Å². The second-order valence-corrected chi connectivity index (χ2v) is 8.26. The number of rotatable bonds is 6. The van der Waals surface area contributed by atoms with E-state index in [0.717, 1.165) is 59.0 Å². The normalized spacial score (nSPS) is 14.8. The molecule has 6 heteroatoms. The molecule has 0 aliphatic heterocycles. The van der Waals surface area contributed by atoms with Crippen LogP contribution in [-0.4, -0.2) is 18.5 Å². The zero-order chi connectivity index (χ0) is 20.9. The summed E-state index contributed by atoms with van der Waals surface area (Å²) in [6.07, 6.45) is 3.44. The van der Waals surface area contributed by atoms with Crippen molar-refractivity contribution in [3.63, 3.8) is 0 Å². The predicted octanol–water partition coefficient (Wildman–Crippen LogP) is 4.87. The number of hydrogen-bond donors (Lipinski definition) is 1. The lowest BCUT2D eigenvalue weighted by Crippen LogP contribution is -2.36. The molecule has 3 rings (SSSR count). The second kappa shape index (κ2) is 9.15. The fourth-order valence-corrected chi connectivity index (χ4v) is 4.60. The van der Waals surface area contributed by atoms with Crippen LogP contribution in [0, 0.1) is 24.5 Å². The molecule has 1 fully saturated rings. The van der Waals surface area contributed by atoms with E-state index in [9.17, 15) is 9.59 Å². The van der Waals surface area contributed by atoms with Crippen molar-refractivity contribution in [1.29, 1.82) is 5.26 Å². The summed E-state index contributed by atoms with van der Waals surface area (Å²) >= 11 is 1.08. The number of carbonyl (C=O) groups excluding carboxylic acids is 2. The van der Waals surface area contributed by atoms with Gasteiger partial charge in [-0.2, -0.15) is 5.26 Å². The number of anilines is 1. The highest BCUT2D eigenvalue weighted by Gasteiger charge is 2.44. The summed E-state index contributed by atoms with van der Waals surface area (Å²) in [5.41, 5.74) is 2.72. The van der Waals surface area contributed by atoms with Crippen LogP contribution < -0.4 is 5.32 Å². The first-order chi connectivity index (χ1) is 14.0. The van der Waals surface area contributed by atoms with Crippen molar-refractivity contribution in [1.82, 2.24) is 0 Å². The summed E-state index contributed by atoms with van der Waals surface area (Å²) in [5.74, 6) is -0.697. The lowest BCUT2D eigenvalue weighted by atomic mass is 9.79. The van der Waals surface area contributed by atoms with Crippen LogP contribution >= 0.6 is 11.8 Å². The maximum Gasteiger partial charge on any atom is 0.317 e. The molecule has 0 saturated heterocycles. The summed E-state index contributed by atoms with van der Waals surface area (Å²) in [6.45, 7) is 3.43. The fourth-order valence-electron chi connectivity index (χ4n) is 4.02. The molecule has 2 aromatic rings. The number of aryl methyl sites for hydroxylation is 2. The number of nitrogens with one attached hydrogen (secondary N) is 1. The van der Waals surface area contributed by atoms with E-state index in [1.165, 1.54) is 0 Å². The van der Waals surface area contributed by atoms with Gasteiger partial charge in [-0.3, -0.25) is 9.59 Å². The van der Waals surface area contributed by atoms with Crippen LogP contribution in [0.25, 0.3) is 0 Å². The monoisotopic (exact) mass is 408 g/mol. The molecule has 0 bridgehead atoms. The van der Waals surface area contributed by atoms with Crippen LogP contribution in [0.4, 0.5) is 5.69 Å². The molecule has 1 amide bonds. The van der Waals surface area contributed by atoms with E-state index < -0.39 is 5.41 Å². The maximum absolute atomic E-state index is 12.9. The second-order valence-electron chi connectivity index (χ2n) is 7.40. The Labute approximate surface area is 175 Å². The highest BCUT2D eigenvalue weighted by molar-refractivity contribution is 8.03. The molecular weight excluding hydrogens is 384 g/mol. The molecule has 0 spiro atoms. The number of nitriles is 1. The molecule has 2 aromatic carbocycles. The van der Waals surface area contributed by atoms with Gasteiger partial charge < -0.3 is 10.1 Å². The number of hydrogen-bond acceptors (Lipinski definition) is 5. The highest BCUT2D eigenvalue weighted by Crippen LogP contribution is 2.42. The van der Waals surface area contributed by atoms with Crippen molar-refractivity contribution < 1.29 is 14.3 Å². The van der Waals surface area contributed by atoms with Crippen LogP contribution in [0.3, 0.4) is 0 Å². The smallest absolute Gasteiger partial charge is 0.317 e. The Morgan fingerprint density at radius 2 is 1.76 bits per heavy atom. The topological polar surface area (TPSA) is 79.2 Å². The minimum Gasteiger partial charge on any atom is -0.455 e. The Hall–Kier alpha value is -2.78. The standard InChI is InChI=1S/C23H24N2O3S/c1-16-12-19(29-15-24)13-17(2)21(16)25-20(26)14-28-22(27)23(10-6-7-11-23)18-8-4-3-5-9-18/h3-5,8-9,12-13H,6-7,10-11,14H2,1-2H3,(H,25,26). The van der Waals surface area contributed by atoms with E-state index in [2.05, 4.69) is 5.32 Å². The first-order valence-electron chi connectivity index (χ1n) is 9.66. The zero-order valence-electron chi connectivity index (χ0n) is 16.7. The minimum atomic E-state index is -0.649. The average Bonchev–Trinajstić information content (AvgIpc) is 3.21. The van der Waals surface area contributed by atoms with Crippen molar-refractivity contribution in [2.45, 2.75) is 49.8 Å². The third kappa shape index (κ3) is 4.63. The molecule has 0 radical (unpaired) electrons. The number of carbonyl (C=O) groups is 2. The fraction of sp³-hybridized carbons (Fsp3) is 0.348. The van der Waals surface area contributed by atoms with E-state index in [0.29, 0.717) is 5.69 Å². The van der Waals surface area contributed by atoms with Crippen LogP contribution in [0.1, 0.15) is 42.4 Å². The Balaban J connectivity index is 1.66. The summed E-state index contributed by atoms with van der Waals surface area (Å²) in [4.78, 5) is 26.2. The van der Waals surface area contributed by atoms with Gasteiger partial charge in [-0.25, -0.2) is 0 Å². The number of esters is 1. The third-order valence-electron chi connectivity index (χ3n) is 5.44. The molecule has 150 valence electrons. The first-order valence-corrected chi connectivity index (χ1v) is 10.5. The molecule has 0 heterocycles. The number of benzene rings is 2. The molecule has 1 saturated carbocycles. The number of ether oxygens (including phenoxy) is 1. The van der Waals surface area contributed by atoms with E-state index >= 15 is 0 Å². The summed E-state index contributed by atoms with van der Waals surface area (Å²) in [6, 6.07) is 13.4. The van der Waals surface area contributed by atoms with Gasteiger partial charge in [0.15, 0.2) is 6.61 Å². The molecule has 1 aliphatic carbocycles. The molecule has 0 aromatic heterocycles. The summed E-state index contributed by atoms with van der Waals surface area (Å²) in [5, 5.41) is 13.7. The van der Waals surface area contributed by atoms with Crippen molar-refractivity contribution in [2.75, 3.05) is 11.9 Å². The molecule has 0 unspecified atom stereocenters. The molecule has 29 heavy (non-hydrogen) atoms. The van der Waals surface area contributed by atoms with E-state index in [4.69, 9.17) is 10.00 Å². The number of amides is 1. The Bertz CT molecular complexity index is 921. The molecule has 1 aliphatic rings. The predicted molar refractivity (Wildman–Crippen MR) is 114 cm³/mol. The number of thioether (sulfide) groups is 1. The van der Waals surface area contributed by atoms with Crippen LogP contribution in [0.5, 0.6) is 0 Å². The van der Waals surface area contributed by atoms with Crippen LogP contribution in [0.2, 0.25) is 0 Å². The van der Waals surface area contributed by atoms with Crippen molar-refractivity contribution in [2.24, 2.45) is 0 Å². The van der Waals surface area contributed by atoms with E-state index in [-0.39, 0.29) is 18.5 Å². The lowest BCUT2D eigenvalue weighted by Gasteiger charge is -2.27. The highest BCUT2D eigenvalue weighted by atomic mass is 32.2. The van der Waals surface area contributed by atoms with Crippen LogP contribution in [0.15, 0.2) is 47.4 Å².